The molecule has 1 saturated carbocycles. The Balaban J connectivity index is 1.78. The summed E-state index contributed by atoms with van der Waals surface area (Å²) in [5.41, 5.74) is 0.687. The van der Waals surface area contributed by atoms with E-state index >= 15 is 0 Å². The van der Waals surface area contributed by atoms with Crippen molar-refractivity contribution in [3.8, 4) is 11.5 Å². The third-order valence-corrected chi connectivity index (χ3v) is 5.88. The lowest BCUT2D eigenvalue weighted by Crippen LogP contribution is -2.25. The lowest BCUT2D eigenvalue weighted by atomic mass is 10.2. The summed E-state index contributed by atoms with van der Waals surface area (Å²) < 4.78 is 37.3. The van der Waals surface area contributed by atoms with Crippen LogP contribution in [-0.4, -0.2) is 34.6 Å². The van der Waals surface area contributed by atoms with Crippen LogP contribution in [0.5, 0.6) is 11.5 Å². The monoisotopic (exact) mass is 410 g/mol. The highest BCUT2D eigenvalue weighted by Gasteiger charge is 2.28. The molecule has 1 aliphatic carbocycles. The molecule has 0 spiro atoms. The summed E-state index contributed by atoms with van der Waals surface area (Å²) in [6.07, 6.45) is 1.71. The van der Waals surface area contributed by atoms with Crippen molar-refractivity contribution in [2.24, 2.45) is 0 Å². The van der Waals surface area contributed by atoms with Crippen molar-refractivity contribution in [1.82, 2.24) is 4.72 Å². The van der Waals surface area contributed by atoms with Crippen molar-refractivity contribution in [3.63, 3.8) is 0 Å². The minimum absolute atomic E-state index is 0.0188. The van der Waals surface area contributed by atoms with Crippen LogP contribution in [0.4, 0.5) is 5.69 Å². The van der Waals surface area contributed by atoms with E-state index in [0.29, 0.717) is 27.8 Å². The van der Waals surface area contributed by atoms with Crippen LogP contribution in [-0.2, 0) is 10.0 Å². The third kappa shape index (κ3) is 4.52. The molecule has 2 aromatic carbocycles. The zero-order valence-corrected chi connectivity index (χ0v) is 16.4. The molecule has 27 heavy (non-hydrogen) atoms. The molecule has 0 heterocycles. The quantitative estimate of drug-likeness (QED) is 0.731. The Labute approximate surface area is 162 Å². The molecule has 2 aromatic rings. The third-order valence-electron chi connectivity index (χ3n) is 4.05. The first-order valence-electron chi connectivity index (χ1n) is 8.19. The minimum atomic E-state index is -3.56. The fourth-order valence-corrected chi connectivity index (χ4v) is 3.96. The Morgan fingerprint density at radius 2 is 1.70 bits per heavy atom. The first-order valence-corrected chi connectivity index (χ1v) is 10.1. The first kappa shape index (κ1) is 19.5. The smallest absolute Gasteiger partial charge is 0.255 e. The molecule has 0 bridgehead atoms. The van der Waals surface area contributed by atoms with Crippen LogP contribution in [0.1, 0.15) is 23.2 Å². The van der Waals surface area contributed by atoms with Crippen molar-refractivity contribution < 1.29 is 22.7 Å². The Morgan fingerprint density at radius 3 is 2.26 bits per heavy atom. The highest BCUT2D eigenvalue weighted by atomic mass is 35.5. The van der Waals surface area contributed by atoms with E-state index in [1.165, 1.54) is 44.6 Å². The van der Waals surface area contributed by atoms with Crippen LogP contribution in [0, 0.1) is 0 Å². The molecule has 0 unspecified atom stereocenters. The highest BCUT2D eigenvalue weighted by Crippen LogP contribution is 2.36. The van der Waals surface area contributed by atoms with Gasteiger partial charge in [-0.25, -0.2) is 13.1 Å². The number of amides is 1. The summed E-state index contributed by atoms with van der Waals surface area (Å²) in [7, 11) is -0.631. The average Bonchev–Trinajstić information content (AvgIpc) is 3.46. The summed E-state index contributed by atoms with van der Waals surface area (Å²) in [5.74, 6) is 0.346. The van der Waals surface area contributed by atoms with Gasteiger partial charge in [-0.2, -0.15) is 0 Å². The van der Waals surface area contributed by atoms with Gasteiger partial charge in [0.1, 0.15) is 11.5 Å². The van der Waals surface area contributed by atoms with Gasteiger partial charge in [-0.3, -0.25) is 4.79 Å². The number of carbonyl (C=O) groups excluding carboxylic acids is 1. The summed E-state index contributed by atoms with van der Waals surface area (Å²) in [6, 6.07) is 8.82. The molecule has 1 fully saturated rings. The van der Waals surface area contributed by atoms with Gasteiger partial charge in [-0.1, -0.05) is 11.6 Å². The lowest BCUT2D eigenvalue weighted by Gasteiger charge is -2.13. The molecule has 0 aliphatic heterocycles. The number of nitrogens with one attached hydrogen (secondary N) is 2. The van der Waals surface area contributed by atoms with E-state index in [0.717, 1.165) is 12.8 Å². The van der Waals surface area contributed by atoms with E-state index in [-0.39, 0.29) is 10.9 Å². The van der Waals surface area contributed by atoms with Crippen LogP contribution in [0.25, 0.3) is 0 Å². The van der Waals surface area contributed by atoms with E-state index in [2.05, 4.69) is 10.0 Å². The summed E-state index contributed by atoms with van der Waals surface area (Å²) in [6.45, 7) is 0. The molecule has 0 saturated heterocycles. The number of halogens is 1. The second kappa shape index (κ2) is 7.75. The van der Waals surface area contributed by atoms with Gasteiger partial charge in [-0.05, 0) is 37.1 Å². The summed E-state index contributed by atoms with van der Waals surface area (Å²) in [5, 5.41) is 3.06. The van der Waals surface area contributed by atoms with Crippen molar-refractivity contribution in [2.45, 2.75) is 23.8 Å². The minimum Gasteiger partial charge on any atom is -0.495 e. The zero-order chi connectivity index (χ0) is 19.6. The topological polar surface area (TPSA) is 93.7 Å². The zero-order valence-electron chi connectivity index (χ0n) is 14.8. The van der Waals surface area contributed by atoms with E-state index in [4.69, 9.17) is 21.1 Å². The number of anilines is 1. The molecule has 0 atom stereocenters. The van der Waals surface area contributed by atoms with Crippen molar-refractivity contribution in [1.29, 1.82) is 0 Å². The summed E-state index contributed by atoms with van der Waals surface area (Å²) >= 11 is 6.05. The number of sulfonamides is 1. The first-order chi connectivity index (χ1) is 12.8. The fourth-order valence-electron chi connectivity index (χ4n) is 2.43. The molecular weight excluding hydrogens is 392 g/mol. The van der Waals surface area contributed by atoms with Crippen LogP contribution in [0.15, 0.2) is 41.3 Å². The van der Waals surface area contributed by atoms with Crippen LogP contribution in [0.2, 0.25) is 5.02 Å². The van der Waals surface area contributed by atoms with Crippen LogP contribution in [0.3, 0.4) is 0 Å². The highest BCUT2D eigenvalue weighted by molar-refractivity contribution is 7.89. The van der Waals surface area contributed by atoms with Gasteiger partial charge in [0.2, 0.25) is 10.0 Å². The Hall–Kier alpha value is -2.29. The second-order valence-corrected chi connectivity index (χ2v) is 8.18. The normalized spacial score (nSPS) is 13.9. The van der Waals surface area contributed by atoms with Crippen molar-refractivity contribution in [3.05, 3.63) is 47.0 Å². The van der Waals surface area contributed by atoms with E-state index in [9.17, 15) is 13.2 Å². The maximum absolute atomic E-state index is 12.5. The maximum Gasteiger partial charge on any atom is 0.255 e. The largest absolute Gasteiger partial charge is 0.495 e. The van der Waals surface area contributed by atoms with Crippen molar-refractivity contribution in [2.75, 3.05) is 19.5 Å². The number of hydrogen-bond acceptors (Lipinski definition) is 5. The number of benzene rings is 2. The number of ether oxygens (including phenoxy) is 2. The number of methoxy groups -OCH3 is 2. The van der Waals surface area contributed by atoms with Crippen LogP contribution < -0.4 is 19.5 Å². The molecular formula is C18H19ClN2O5S. The van der Waals surface area contributed by atoms with Gasteiger partial charge in [0.25, 0.3) is 5.91 Å². The maximum atomic E-state index is 12.5. The Bertz CT molecular complexity index is 956. The molecule has 1 aliphatic rings. The molecule has 9 heteroatoms. The summed E-state index contributed by atoms with van der Waals surface area (Å²) in [4.78, 5) is 12.6. The van der Waals surface area contributed by atoms with Gasteiger partial charge in [0, 0.05) is 23.7 Å². The fraction of sp³-hybridized carbons (Fsp3) is 0.278. The van der Waals surface area contributed by atoms with Gasteiger partial charge in [-0.15, -0.1) is 0 Å². The molecule has 0 radical (unpaired) electrons. The molecule has 7 nitrogen and oxygen atoms in total. The second-order valence-electron chi connectivity index (χ2n) is 6.06. The van der Waals surface area contributed by atoms with E-state index in [1.807, 2.05) is 0 Å². The lowest BCUT2D eigenvalue weighted by molar-refractivity contribution is 0.102. The molecule has 2 N–H and O–H groups in total. The van der Waals surface area contributed by atoms with Gasteiger partial charge >= 0.3 is 0 Å². The number of carbonyl (C=O) groups is 1. The van der Waals surface area contributed by atoms with Gasteiger partial charge in [0.05, 0.1) is 29.8 Å². The van der Waals surface area contributed by atoms with Crippen LogP contribution >= 0.6 is 11.6 Å². The number of hydrogen-bond donors (Lipinski definition) is 2. The molecule has 144 valence electrons. The van der Waals surface area contributed by atoms with Crippen molar-refractivity contribution >= 4 is 33.2 Å². The standard InChI is InChI=1S/C18H19ClN2O5S/c1-25-16-10-15(17(26-2)9-14(16)19)20-18(22)11-3-7-13(8-4-11)27(23,24)21-12-5-6-12/h3-4,7-10,12,21H,5-6H2,1-2H3,(H,20,22). The van der Waals surface area contributed by atoms with Gasteiger partial charge < -0.3 is 14.8 Å². The number of rotatable bonds is 7. The Kier molecular flexibility index (Phi) is 5.59. The van der Waals surface area contributed by atoms with Gasteiger partial charge in [0.15, 0.2) is 0 Å². The predicted octanol–water partition coefficient (Wildman–Crippen LogP) is 3.05. The van der Waals surface area contributed by atoms with E-state index < -0.39 is 15.9 Å². The Morgan fingerprint density at radius 1 is 1.07 bits per heavy atom. The molecule has 1 amide bonds. The average molecular weight is 411 g/mol. The molecule has 0 aromatic heterocycles. The van der Waals surface area contributed by atoms with E-state index in [1.54, 1.807) is 6.07 Å². The SMILES string of the molecule is COc1cc(NC(=O)c2ccc(S(=O)(=O)NC3CC3)cc2)c(OC)cc1Cl. The molecule has 3 rings (SSSR count). The predicted molar refractivity (Wildman–Crippen MR) is 102 cm³/mol.